The molecule has 5 nitrogen and oxygen atoms in total. The quantitative estimate of drug-likeness (QED) is 0.879. The number of pyridine rings is 1. The predicted molar refractivity (Wildman–Crippen MR) is 98.7 cm³/mol. The van der Waals surface area contributed by atoms with Crippen molar-refractivity contribution in [3.8, 4) is 0 Å². The minimum Gasteiger partial charge on any atom is -0.333 e. The second-order valence-electron chi connectivity index (χ2n) is 6.65. The number of likely N-dealkylation sites (tertiary alicyclic amines) is 1. The molecular weight excluding hydrogens is 314 g/mol. The van der Waals surface area contributed by atoms with Crippen LogP contribution in [0.25, 0.3) is 0 Å². The average molecular weight is 339 g/mol. The van der Waals surface area contributed by atoms with Gasteiger partial charge in [0, 0.05) is 25.3 Å². The van der Waals surface area contributed by atoms with Gasteiger partial charge in [-0.25, -0.2) is 0 Å². The smallest absolute Gasteiger partial charge is 0.260 e. The van der Waals surface area contributed by atoms with Crippen molar-refractivity contribution in [1.29, 1.82) is 0 Å². The monoisotopic (exact) mass is 339 g/mol. The van der Waals surface area contributed by atoms with Crippen LogP contribution in [0, 0.1) is 6.92 Å². The number of carbonyl (C=O) groups excluding carboxylic acids is 1. The molecule has 2 aromatic rings. The number of nitrogens with zero attached hydrogens (tertiary/aromatic N) is 2. The molecule has 132 valence electrons. The fourth-order valence-electron chi connectivity index (χ4n) is 3.24. The molecule has 0 unspecified atom stereocenters. The summed E-state index contributed by atoms with van der Waals surface area (Å²) in [6.07, 6.45) is 2.45. The van der Waals surface area contributed by atoms with E-state index < -0.39 is 0 Å². The second kappa shape index (κ2) is 8.12. The van der Waals surface area contributed by atoms with Crippen LogP contribution in [0.3, 0.4) is 0 Å². The molecular formula is C20H25N3O2. The number of rotatable bonds is 6. The largest absolute Gasteiger partial charge is 0.333 e. The minimum atomic E-state index is -0.316. The number of hydrogen-bond donors (Lipinski definition) is 1. The van der Waals surface area contributed by atoms with Crippen molar-refractivity contribution in [1.82, 2.24) is 14.8 Å². The lowest BCUT2D eigenvalue weighted by atomic mass is 10.1. The van der Waals surface area contributed by atoms with Gasteiger partial charge in [0.2, 0.25) is 0 Å². The highest BCUT2D eigenvalue weighted by Crippen LogP contribution is 2.11. The first-order valence-corrected chi connectivity index (χ1v) is 8.89. The van der Waals surface area contributed by atoms with Crippen LogP contribution in [0.4, 0.5) is 0 Å². The molecule has 5 heteroatoms. The molecule has 1 amide bonds. The summed E-state index contributed by atoms with van der Waals surface area (Å²) in [5, 5.41) is 0. The number of aromatic nitrogens is 1. The third kappa shape index (κ3) is 4.57. The molecule has 0 saturated carbocycles. The molecule has 1 fully saturated rings. The maximum atomic E-state index is 13.0. The lowest BCUT2D eigenvalue weighted by molar-refractivity contribution is 0.0725. The Kier molecular flexibility index (Phi) is 5.66. The summed E-state index contributed by atoms with van der Waals surface area (Å²) in [5.74, 6) is -0.204. The van der Waals surface area contributed by atoms with E-state index in [0.717, 1.165) is 30.9 Å². The van der Waals surface area contributed by atoms with E-state index in [-0.39, 0.29) is 17.0 Å². The van der Waals surface area contributed by atoms with Crippen LogP contribution < -0.4 is 5.56 Å². The summed E-state index contributed by atoms with van der Waals surface area (Å²) < 4.78 is 0. The number of benzene rings is 1. The van der Waals surface area contributed by atoms with Crippen LogP contribution in [-0.2, 0) is 6.54 Å². The van der Waals surface area contributed by atoms with E-state index in [9.17, 15) is 9.59 Å². The third-order valence-corrected chi connectivity index (χ3v) is 4.67. The average Bonchev–Trinajstić information content (AvgIpc) is 3.12. The van der Waals surface area contributed by atoms with E-state index in [4.69, 9.17) is 0 Å². The maximum absolute atomic E-state index is 13.0. The highest BCUT2D eigenvalue weighted by atomic mass is 16.2. The summed E-state index contributed by atoms with van der Waals surface area (Å²) in [6.45, 7) is 5.99. The number of nitrogens with one attached hydrogen (secondary N) is 1. The molecule has 3 rings (SSSR count). The molecule has 25 heavy (non-hydrogen) atoms. The Labute approximate surface area is 148 Å². The topological polar surface area (TPSA) is 56.4 Å². The van der Waals surface area contributed by atoms with E-state index in [1.165, 1.54) is 12.8 Å². The standard InChI is InChI=1S/C20H25N3O2/c1-16-9-10-18(19(24)21-16)20(25)23(14-13-22-11-5-6-12-22)15-17-7-3-2-4-8-17/h2-4,7-10H,5-6,11-15H2,1H3,(H,21,24). The van der Waals surface area contributed by atoms with E-state index >= 15 is 0 Å². The normalized spacial score (nSPS) is 14.6. The number of aryl methyl sites for hydroxylation is 1. The van der Waals surface area contributed by atoms with Crippen molar-refractivity contribution in [2.24, 2.45) is 0 Å². The van der Waals surface area contributed by atoms with Crippen LogP contribution in [-0.4, -0.2) is 46.9 Å². The first-order chi connectivity index (χ1) is 12.1. The van der Waals surface area contributed by atoms with E-state index in [0.29, 0.717) is 13.1 Å². The van der Waals surface area contributed by atoms with Crippen LogP contribution in [0.2, 0.25) is 0 Å². The van der Waals surface area contributed by atoms with Gasteiger partial charge in [-0.05, 0) is 50.6 Å². The maximum Gasteiger partial charge on any atom is 0.260 e. The Morgan fingerprint density at radius 2 is 1.84 bits per heavy atom. The molecule has 0 bridgehead atoms. The van der Waals surface area contributed by atoms with Gasteiger partial charge in [-0.3, -0.25) is 9.59 Å². The summed E-state index contributed by atoms with van der Waals surface area (Å²) in [4.78, 5) is 32.0. The lowest BCUT2D eigenvalue weighted by Crippen LogP contribution is -2.39. The third-order valence-electron chi connectivity index (χ3n) is 4.67. The van der Waals surface area contributed by atoms with E-state index in [1.54, 1.807) is 17.0 Å². The van der Waals surface area contributed by atoms with Crippen LogP contribution in [0.5, 0.6) is 0 Å². The summed E-state index contributed by atoms with van der Waals surface area (Å²) in [6, 6.07) is 13.3. The van der Waals surface area contributed by atoms with Crippen molar-refractivity contribution in [3.63, 3.8) is 0 Å². The number of aromatic amines is 1. The highest BCUT2D eigenvalue weighted by molar-refractivity contribution is 5.93. The van der Waals surface area contributed by atoms with Gasteiger partial charge in [-0.1, -0.05) is 30.3 Å². The predicted octanol–water partition coefficient (Wildman–Crippen LogP) is 2.42. The molecule has 1 saturated heterocycles. The molecule has 1 aromatic heterocycles. The van der Waals surface area contributed by atoms with Crippen molar-refractivity contribution < 1.29 is 4.79 Å². The zero-order chi connectivity index (χ0) is 17.6. The van der Waals surface area contributed by atoms with E-state index in [2.05, 4.69) is 9.88 Å². The Morgan fingerprint density at radius 3 is 2.52 bits per heavy atom. The second-order valence-corrected chi connectivity index (χ2v) is 6.65. The number of hydrogen-bond acceptors (Lipinski definition) is 3. The Balaban J connectivity index is 1.78. The van der Waals surface area contributed by atoms with Crippen LogP contribution in [0.15, 0.2) is 47.3 Å². The van der Waals surface area contributed by atoms with Crippen LogP contribution >= 0.6 is 0 Å². The molecule has 1 aliphatic rings. The van der Waals surface area contributed by atoms with Crippen LogP contribution in [0.1, 0.15) is 34.5 Å². The Hall–Kier alpha value is -2.40. The van der Waals surface area contributed by atoms with Crippen molar-refractivity contribution in [2.45, 2.75) is 26.3 Å². The molecule has 1 aliphatic heterocycles. The van der Waals surface area contributed by atoms with Gasteiger partial charge in [0.05, 0.1) is 0 Å². The Bertz CT molecular complexity index is 764. The molecule has 2 heterocycles. The van der Waals surface area contributed by atoms with E-state index in [1.807, 2.05) is 37.3 Å². The summed E-state index contributed by atoms with van der Waals surface area (Å²) in [7, 11) is 0. The molecule has 0 atom stereocenters. The lowest BCUT2D eigenvalue weighted by Gasteiger charge is -2.25. The zero-order valence-corrected chi connectivity index (χ0v) is 14.7. The fraction of sp³-hybridized carbons (Fsp3) is 0.400. The van der Waals surface area contributed by atoms with Crippen molar-refractivity contribution >= 4 is 5.91 Å². The first kappa shape index (κ1) is 17.4. The Morgan fingerprint density at radius 1 is 1.12 bits per heavy atom. The summed E-state index contributed by atoms with van der Waals surface area (Å²) >= 11 is 0. The number of carbonyl (C=O) groups is 1. The number of H-pyrrole nitrogens is 1. The van der Waals surface area contributed by atoms with Gasteiger partial charge in [0.1, 0.15) is 5.56 Å². The highest BCUT2D eigenvalue weighted by Gasteiger charge is 2.21. The van der Waals surface area contributed by atoms with Crippen molar-refractivity contribution in [2.75, 3.05) is 26.2 Å². The molecule has 1 aromatic carbocycles. The number of amides is 1. The summed E-state index contributed by atoms with van der Waals surface area (Å²) in [5.41, 5.74) is 1.72. The van der Waals surface area contributed by atoms with Gasteiger partial charge >= 0.3 is 0 Å². The van der Waals surface area contributed by atoms with Gasteiger partial charge in [0.15, 0.2) is 0 Å². The zero-order valence-electron chi connectivity index (χ0n) is 14.7. The molecule has 0 spiro atoms. The molecule has 1 N–H and O–H groups in total. The van der Waals surface area contributed by atoms with Crippen molar-refractivity contribution in [3.05, 3.63) is 69.6 Å². The van der Waals surface area contributed by atoms with Gasteiger partial charge in [0.25, 0.3) is 11.5 Å². The van der Waals surface area contributed by atoms with Gasteiger partial charge in [-0.15, -0.1) is 0 Å². The molecule has 0 radical (unpaired) electrons. The molecule has 0 aliphatic carbocycles. The first-order valence-electron chi connectivity index (χ1n) is 8.89. The fourth-order valence-corrected chi connectivity index (χ4v) is 3.24. The van der Waals surface area contributed by atoms with Gasteiger partial charge in [-0.2, -0.15) is 0 Å². The van der Waals surface area contributed by atoms with Gasteiger partial charge < -0.3 is 14.8 Å². The minimum absolute atomic E-state index is 0.204. The SMILES string of the molecule is Cc1ccc(C(=O)N(CCN2CCCC2)Cc2ccccc2)c(=O)[nH]1.